The van der Waals surface area contributed by atoms with Gasteiger partial charge < -0.3 is 21.5 Å². The van der Waals surface area contributed by atoms with Crippen molar-refractivity contribution in [2.75, 3.05) is 0 Å². The molecule has 0 spiro atoms. The number of amides is 2. The molecule has 1 heterocycles. The van der Waals surface area contributed by atoms with Crippen molar-refractivity contribution in [3.63, 3.8) is 0 Å². The molecule has 0 unspecified atom stereocenters. The molecule has 2 amide bonds. The summed E-state index contributed by atoms with van der Waals surface area (Å²) in [5.41, 5.74) is 8.71. The van der Waals surface area contributed by atoms with E-state index in [0.717, 1.165) is 23.1 Å². The van der Waals surface area contributed by atoms with E-state index in [0.29, 0.717) is 6.42 Å². The molecule has 0 fully saturated rings. The van der Waals surface area contributed by atoms with Gasteiger partial charge in [-0.2, -0.15) is 0 Å². The molecule has 2 aromatic rings. The number of phenols is 1. The van der Waals surface area contributed by atoms with Crippen LogP contribution in [0, 0.1) is 13.8 Å². The second-order valence-electron chi connectivity index (χ2n) is 6.79. The molecule has 2 atom stereocenters. The Hall–Kier alpha value is -2.64. The number of thiophene rings is 1. The Bertz CT molecular complexity index is 824. The van der Waals surface area contributed by atoms with Crippen molar-refractivity contribution in [3.05, 3.63) is 63.5 Å². The largest absolute Gasteiger partial charge is 0.508 e. The minimum Gasteiger partial charge on any atom is -0.508 e. The van der Waals surface area contributed by atoms with Crippen molar-refractivity contribution in [2.45, 2.75) is 45.7 Å². The topological polar surface area (TPSA) is 104 Å². The number of aromatic hydroxyl groups is 1. The number of carbonyl (C=O) groups excluding carboxylic acids is 2. The summed E-state index contributed by atoms with van der Waals surface area (Å²) in [6.45, 7) is 5.35. The number of hydrogen-bond acceptors (Lipinski definition) is 5. The fourth-order valence-corrected chi connectivity index (χ4v) is 3.54. The number of nitrogens with two attached hydrogens (primary N) is 1. The predicted octanol–water partition coefficient (Wildman–Crippen LogP) is 2.32. The minimum absolute atomic E-state index is 0.189. The lowest BCUT2D eigenvalue weighted by Gasteiger charge is -2.18. The van der Waals surface area contributed by atoms with Crippen molar-refractivity contribution in [2.24, 2.45) is 5.73 Å². The normalized spacial score (nSPS) is 13.3. The third-order valence-corrected chi connectivity index (χ3v) is 5.33. The van der Waals surface area contributed by atoms with Crippen LogP contribution < -0.4 is 16.4 Å². The van der Waals surface area contributed by atoms with E-state index in [2.05, 4.69) is 10.6 Å². The van der Waals surface area contributed by atoms with Gasteiger partial charge in [0.15, 0.2) is 0 Å². The Morgan fingerprint density at radius 3 is 2.54 bits per heavy atom. The molecule has 0 saturated carbocycles. The van der Waals surface area contributed by atoms with E-state index in [4.69, 9.17) is 5.73 Å². The van der Waals surface area contributed by atoms with Crippen LogP contribution in [0.1, 0.15) is 28.5 Å². The zero-order valence-corrected chi connectivity index (χ0v) is 17.2. The Labute approximate surface area is 169 Å². The monoisotopic (exact) mass is 401 g/mol. The third-order valence-electron chi connectivity index (χ3n) is 4.44. The molecular weight excluding hydrogens is 374 g/mol. The molecule has 150 valence electrons. The van der Waals surface area contributed by atoms with Gasteiger partial charge in [0.1, 0.15) is 11.8 Å². The van der Waals surface area contributed by atoms with Gasteiger partial charge in [-0.05, 0) is 67.5 Å². The summed E-state index contributed by atoms with van der Waals surface area (Å²) in [4.78, 5) is 25.7. The van der Waals surface area contributed by atoms with E-state index in [1.807, 2.05) is 37.4 Å². The van der Waals surface area contributed by atoms with Gasteiger partial charge >= 0.3 is 0 Å². The van der Waals surface area contributed by atoms with Crippen molar-refractivity contribution < 1.29 is 14.7 Å². The number of aryl methyl sites for hydroxylation is 2. The third kappa shape index (κ3) is 6.21. The second kappa shape index (κ2) is 10.1. The average molecular weight is 402 g/mol. The molecule has 0 saturated heterocycles. The Morgan fingerprint density at radius 1 is 1.25 bits per heavy atom. The summed E-state index contributed by atoms with van der Waals surface area (Å²) in [7, 11) is 0. The smallest absolute Gasteiger partial charge is 0.246 e. The van der Waals surface area contributed by atoms with Crippen molar-refractivity contribution in [1.82, 2.24) is 10.6 Å². The van der Waals surface area contributed by atoms with Gasteiger partial charge in [0.25, 0.3) is 0 Å². The predicted molar refractivity (Wildman–Crippen MR) is 112 cm³/mol. The first-order valence-corrected chi connectivity index (χ1v) is 9.98. The van der Waals surface area contributed by atoms with Gasteiger partial charge in [0.2, 0.25) is 11.8 Å². The van der Waals surface area contributed by atoms with Crippen LogP contribution in [0.4, 0.5) is 0 Å². The van der Waals surface area contributed by atoms with Crippen LogP contribution in [-0.4, -0.2) is 29.0 Å². The van der Waals surface area contributed by atoms with Crippen LogP contribution >= 0.6 is 11.3 Å². The first-order chi connectivity index (χ1) is 13.3. The molecule has 0 aliphatic heterocycles. The molecule has 1 aromatic heterocycles. The van der Waals surface area contributed by atoms with Crippen molar-refractivity contribution in [3.8, 4) is 5.75 Å². The van der Waals surface area contributed by atoms with Crippen LogP contribution in [-0.2, 0) is 22.4 Å². The average Bonchev–Trinajstić information content (AvgIpc) is 3.14. The number of nitrogens with one attached hydrogen (secondary N) is 2. The fraction of sp³-hybridized carbons (Fsp3) is 0.333. The van der Waals surface area contributed by atoms with Crippen molar-refractivity contribution in [1.29, 1.82) is 0 Å². The minimum atomic E-state index is -0.786. The highest BCUT2D eigenvalue weighted by Gasteiger charge is 2.21. The number of phenolic OH excluding ortho intramolecular Hbond substituents is 1. The van der Waals surface area contributed by atoms with Gasteiger partial charge in [0.05, 0.1) is 6.04 Å². The Balaban J connectivity index is 1.83. The first-order valence-electron chi connectivity index (χ1n) is 9.10. The standard InChI is InChI=1S/C21H27N3O3S/c1-13-10-16(25)11-14(2)18(13)12-19(22)21(27)24-15(3)20(26)23-8-4-6-17-7-5-9-28-17/h4-5,7-11,15,19,25H,6,12,22H2,1-3H3,(H,23,26)(H,24,27)/t15-,19+/m1/s1. The lowest BCUT2D eigenvalue weighted by Crippen LogP contribution is -2.50. The van der Waals surface area contributed by atoms with Gasteiger partial charge in [-0.15, -0.1) is 11.3 Å². The van der Waals surface area contributed by atoms with Crippen LogP contribution in [0.3, 0.4) is 0 Å². The molecule has 0 aliphatic carbocycles. The van der Waals surface area contributed by atoms with E-state index in [1.54, 1.807) is 36.6 Å². The van der Waals surface area contributed by atoms with E-state index in [9.17, 15) is 14.7 Å². The highest BCUT2D eigenvalue weighted by molar-refractivity contribution is 7.09. The summed E-state index contributed by atoms with van der Waals surface area (Å²) in [5.74, 6) is -0.508. The molecular formula is C21H27N3O3S. The number of rotatable bonds is 8. The van der Waals surface area contributed by atoms with Crippen LogP contribution in [0.2, 0.25) is 0 Å². The van der Waals surface area contributed by atoms with Crippen molar-refractivity contribution >= 4 is 23.2 Å². The maximum absolute atomic E-state index is 12.4. The first kappa shape index (κ1) is 21.7. The molecule has 28 heavy (non-hydrogen) atoms. The molecule has 6 nitrogen and oxygen atoms in total. The molecule has 5 N–H and O–H groups in total. The summed E-state index contributed by atoms with van der Waals surface area (Å²) < 4.78 is 0. The zero-order valence-electron chi connectivity index (χ0n) is 16.4. The Morgan fingerprint density at radius 2 is 1.93 bits per heavy atom. The maximum Gasteiger partial charge on any atom is 0.246 e. The second-order valence-corrected chi connectivity index (χ2v) is 7.83. The summed E-state index contributed by atoms with van der Waals surface area (Å²) >= 11 is 1.65. The SMILES string of the molecule is Cc1cc(O)cc(C)c1C[C@H](N)C(=O)N[C@H](C)C(=O)NC=CCc1cccs1. The summed E-state index contributed by atoms with van der Waals surface area (Å²) in [6, 6.07) is 5.81. The highest BCUT2D eigenvalue weighted by atomic mass is 32.1. The number of hydrogen-bond donors (Lipinski definition) is 4. The molecule has 2 rings (SSSR count). The molecule has 0 bridgehead atoms. The van der Waals surface area contributed by atoms with E-state index < -0.39 is 18.0 Å². The maximum atomic E-state index is 12.4. The van der Waals surface area contributed by atoms with Gasteiger partial charge in [-0.1, -0.05) is 12.1 Å². The number of carbonyl (C=O) groups is 2. The lowest BCUT2D eigenvalue weighted by atomic mass is 9.96. The quantitative estimate of drug-likeness (QED) is 0.545. The van der Waals surface area contributed by atoms with Crippen LogP contribution in [0.15, 0.2) is 41.9 Å². The molecule has 7 heteroatoms. The van der Waals surface area contributed by atoms with E-state index in [-0.39, 0.29) is 11.7 Å². The van der Waals surface area contributed by atoms with E-state index in [1.165, 1.54) is 4.88 Å². The Kier molecular flexibility index (Phi) is 7.78. The zero-order chi connectivity index (χ0) is 20.7. The summed E-state index contributed by atoms with van der Waals surface area (Å²) in [6.07, 6.45) is 4.53. The van der Waals surface area contributed by atoms with Gasteiger partial charge in [-0.25, -0.2) is 0 Å². The molecule has 0 aliphatic rings. The lowest BCUT2D eigenvalue weighted by molar-refractivity contribution is -0.128. The van der Waals surface area contributed by atoms with Gasteiger partial charge in [0, 0.05) is 17.5 Å². The highest BCUT2D eigenvalue weighted by Crippen LogP contribution is 2.21. The molecule has 0 radical (unpaired) electrons. The molecule has 1 aromatic carbocycles. The summed E-state index contributed by atoms with van der Waals surface area (Å²) in [5, 5.41) is 16.9. The van der Waals surface area contributed by atoms with E-state index >= 15 is 0 Å². The number of benzene rings is 1. The van der Waals surface area contributed by atoms with Gasteiger partial charge in [-0.3, -0.25) is 9.59 Å². The number of allylic oxidation sites excluding steroid dienone is 1. The van der Waals surface area contributed by atoms with Crippen LogP contribution in [0.25, 0.3) is 0 Å². The fourth-order valence-electron chi connectivity index (χ4n) is 2.86. The van der Waals surface area contributed by atoms with Crippen LogP contribution in [0.5, 0.6) is 5.75 Å².